The first-order chi connectivity index (χ1) is 10.0. The fourth-order valence-electron chi connectivity index (χ4n) is 2.53. The summed E-state index contributed by atoms with van der Waals surface area (Å²) in [5.74, 6) is 3.36. The largest absolute Gasteiger partial charge is 0.373 e. The van der Waals surface area contributed by atoms with E-state index in [1.54, 1.807) is 12.1 Å². The van der Waals surface area contributed by atoms with Gasteiger partial charge in [0.25, 0.3) is 0 Å². The monoisotopic (exact) mass is 303 g/mol. The van der Waals surface area contributed by atoms with Crippen molar-refractivity contribution in [3.63, 3.8) is 0 Å². The van der Waals surface area contributed by atoms with Gasteiger partial charge in [-0.15, -0.1) is 0 Å². The summed E-state index contributed by atoms with van der Waals surface area (Å²) >= 11 is 1.86. The molecule has 0 radical (unpaired) electrons. The minimum absolute atomic E-state index is 0.225. The smallest absolute Gasteiger partial charge is 0.141 e. The fraction of sp³-hybridized carbons (Fsp3) is 0.375. The van der Waals surface area contributed by atoms with Crippen molar-refractivity contribution in [2.75, 3.05) is 12.4 Å². The summed E-state index contributed by atoms with van der Waals surface area (Å²) in [6.07, 6.45) is 0. The van der Waals surface area contributed by atoms with Crippen molar-refractivity contribution in [3.05, 3.63) is 52.7 Å². The molecule has 0 atom stereocenters. The molecule has 0 saturated carbocycles. The molecule has 1 N–H and O–H groups in total. The Balaban J connectivity index is 2.08. The van der Waals surface area contributed by atoms with Gasteiger partial charge in [-0.1, -0.05) is 12.1 Å². The van der Waals surface area contributed by atoms with Crippen LogP contribution in [-0.2, 0) is 16.9 Å². The maximum atomic E-state index is 13.1. The van der Waals surface area contributed by atoms with Gasteiger partial charge in [0.15, 0.2) is 0 Å². The Labute approximate surface area is 128 Å². The van der Waals surface area contributed by atoms with Crippen molar-refractivity contribution in [1.29, 1.82) is 0 Å². The van der Waals surface area contributed by atoms with E-state index in [9.17, 15) is 4.39 Å². The van der Waals surface area contributed by atoms with Crippen LogP contribution in [0.2, 0.25) is 0 Å². The minimum atomic E-state index is -0.360. The van der Waals surface area contributed by atoms with Crippen LogP contribution in [0.3, 0.4) is 0 Å². The zero-order valence-electron chi connectivity index (χ0n) is 12.4. The Morgan fingerprint density at radius 1 is 1.14 bits per heavy atom. The molecule has 3 rings (SSSR count). The van der Waals surface area contributed by atoms with Crippen molar-refractivity contribution in [2.45, 2.75) is 30.8 Å². The second-order valence-electron chi connectivity index (χ2n) is 5.70. The van der Waals surface area contributed by atoms with Gasteiger partial charge < -0.3 is 5.32 Å². The lowest BCUT2D eigenvalue weighted by Crippen LogP contribution is -2.24. The predicted octanol–water partition coefficient (Wildman–Crippen LogP) is 3.73. The molecule has 21 heavy (non-hydrogen) atoms. The molecule has 0 spiro atoms. The van der Waals surface area contributed by atoms with Crippen LogP contribution >= 0.6 is 11.8 Å². The Kier molecular flexibility index (Phi) is 3.61. The number of benzene rings is 1. The van der Waals surface area contributed by atoms with E-state index in [1.165, 1.54) is 17.7 Å². The van der Waals surface area contributed by atoms with Crippen molar-refractivity contribution >= 4 is 17.6 Å². The maximum absolute atomic E-state index is 13.1. The molecule has 2 heterocycles. The first-order valence-corrected chi connectivity index (χ1v) is 8.09. The maximum Gasteiger partial charge on any atom is 0.141 e. The number of aromatic nitrogens is 2. The Bertz CT molecular complexity index is 668. The second kappa shape index (κ2) is 5.30. The van der Waals surface area contributed by atoms with Gasteiger partial charge in [0.1, 0.15) is 17.5 Å². The molecule has 0 amide bonds. The summed E-state index contributed by atoms with van der Waals surface area (Å²) in [6, 6.07) is 6.58. The van der Waals surface area contributed by atoms with Gasteiger partial charge in [-0.3, -0.25) is 0 Å². The van der Waals surface area contributed by atoms with Crippen molar-refractivity contribution < 1.29 is 4.39 Å². The average Bonchev–Trinajstić information content (AvgIpc) is 2.95. The van der Waals surface area contributed by atoms with Crippen molar-refractivity contribution in [1.82, 2.24) is 9.97 Å². The number of hydrogen-bond acceptors (Lipinski definition) is 4. The highest BCUT2D eigenvalue weighted by molar-refractivity contribution is 7.98. The summed E-state index contributed by atoms with van der Waals surface area (Å²) in [7, 11) is 1.89. The molecule has 0 unspecified atom stereocenters. The highest BCUT2D eigenvalue weighted by Crippen LogP contribution is 2.36. The van der Waals surface area contributed by atoms with E-state index in [1.807, 2.05) is 18.8 Å². The van der Waals surface area contributed by atoms with E-state index >= 15 is 0 Å². The lowest BCUT2D eigenvalue weighted by atomic mass is 9.83. The summed E-state index contributed by atoms with van der Waals surface area (Å²) in [4.78, 5) is 9.47. The number of anilines is 1. The van der Waals surface area contributed by atoms with Crippen LogP contribution in [-0.4, -0.2) is 17.0 Å². The number of nitrogens with one attached hydrogen (secondary N) is 1. The van der Waals surface area contributed by atoms with E-state index in [0.717, 1.165) is 34.4 Å². The molecule has 1 aliphatic heterocycles. The number of rotatable bonds is 3. The van der Waals surface area contributed by atoms with E-state index in [4.69, 9.17) is 9.97 Å². The third kappa shape index (κ3) is 2.50. The first-order valence-electron chi connectivity index (χ1n) is 6.94. The van der Waals surface area contributed by atoms with E-state index in [-0.39, 0.29) is 11.2 Å². The number of hydrogen-bond donors (Lipinski definition) is 1. The molecule has 0 fully saturated rings. The molecule has 3 nitrogen and oxygen atoms in total. The van der Waals surface area contributed by atoms with Gasteiger partial charge in [0.05, 0.1) is 5.69 Å². The number of halogens is 1. The highest BCUT2D eigenvalue weighted by atomic mass is 32.2. The van der Waals surface area contributed by atoms with Gasteiger partial charge in [0, 0.05) is 29.5 Å². The number of nitrogens with zero attached hydrogens (tertiary/aromatic N) is 2. The first kappa shape index (κ1) is 14.3. The molecule has 0 saturated heterocycles. The molecule has 1 aliphatic rings. The molecule has 1 aromatic heterocycles. The summed E-state index contributed by atoms with van der Waals surface area (Å²) in [6.45, 7) is 4.15. The summed E-state index contributed by atoms with van der Waals surface area (Å²) in [5, 5.41) is 3.18. The van der Waals surface area contributed by atoms with Crippen LogP contribution < -0.4 is 5.32 Å². The van der Waals surface area contributed by atoms with Gasteiger partial charge in [-0.2, -0.15) is 11.8 Å². The Morgan fingerprint density at radius 3 is 2.52 bits per heavy atom. The molecule has 0 bridgehead atoms. The standard InChI is InChI=1S/C16H18FN3S/c1-16(2,10-4-6-11(17)7-5-10)15-19-13-9-21-8-12(13)14(18-3)20-15/h4-7H,8-9H2,1-3H3,(H,18,19,20). The van der Waals surface area contributed by atoms with Crippen LogP contribution in [0.4, 0.5) is 10.2 Å². The van der Waals surface area contributed by atoms with Crippen molar-refractivity contribution in [2.24, 2.45) is 0 Å². The molecule has 110 valence electrons. The van der Waals surface area contributed by atoms with Crippen molar-refractivity contribution in [3.8, 4) is 0 Å². The third-order valence-electron chi connectivity index (χ3n) is 3.94. The number of thioether (sulfide) groups is 1. The van der Waals surface area contributed by atoms with Crippen LogP contribution in [0.1, 0.15) is 36.5 Å². The van der Waals surface area contributed by atoms with Crippen LogP contribution in [0.25, 0.3) is 0 Å². The van der Waals surface area contributed by atoms with E-state index < -0.39 is 0 Å². The molecule has 0 aliphatic carbocycles. The SMILES string of the molecule is CNc1nc(C(C)(C)c2ccc(F)cc2)nc2c1CSC2. The Morgan fingerprint density at radius 2 is 1.86 bits per heavy atom. The third-order valence-corrected chi connectivity index (χ3v) is 4.91. The zero-order valence-corrected chi connectivity index (χ0v) is 13.2. The molecular formula is C16H18FN3S. The van der Waals surface area contributed by atoms with Gasteiger partial charge in [0.2, 0.25) is 0 Å². The van der Waals surface area contributed by atoms with Gasteiger partial charge >= 0.3 is 0 Å². The quantitative estimate of drug-likeness (QED) is 0.937. The van der Waals surface area contributed by atoms with Gasteiger partial charge in [-0.25, -0.2) is 14.4 Å². The van der Waals surface area contributed by atoms with E-state index in [2.05, 4.69) is 19.2 Å². The molecule has 2 aromatic rings. The minimum Gasteiger partial charge on any atom is -0.373 e. The molecule has 5 heteroatoms. The lowest BCUT2D eigenvalue weighted by molar-refractivity contribution is 0.581. The fourth-order valence-corrected chi connectivity index (χ4v) is 3.57. The topological polar surface area (TPSA) is 37.8 Å². The second-order valence-corrected chi connectivity index (χ2v) is 6.68. The zero-order chi connectivity index (χ0) is 15.0. The van der Waals surface area contributed by atoms with Crippen LogP contribution in [0, 0.1) is 5.82 Å². The lowest BCUT2D eigenvalue weighted by Gasteiger charge is -2.25. The Hall–Kier alpha value is -1.62. The highest BCUT2D eigenvalue weighted by Gasteiger charge is 2.29. The molecule has 1 aromatic carbocycles. The molecular weight excluding hydrogens is 285 g/mol. The van der Waals surface area contributed by atoms with Crippen LogP contribution in [0.5, 0.6) is 0 Å². The average molecular weight is 303 g/mol. The summed E-state index contributed by atoms with van der Waals surface area (Å²) < 4.78 is 13.1. The summed E-state index contributed by atoms with van der Waals surface area (Å²) in [5.41, 5.74) is 2.98. The predicted molar refractivity (Wildman–Crippen MR) is 85.1 cm³/mol. The van der Waals surface area contributed by atoms with Crippen LogP contribution in [0.15, 0.2) is 24.3 Å². The number of fused-ring (bicyclic) bond motifs is 1. The normalized spacial score (nSPS) is 14.1. The van der Waals surface area contributed by atoms with Gasteiger partial charge in [-0.05, 0) is 31.5 Å². The van der Waals surface area contributed by atoms with E-state index in [0.29, 0.717) is 0 Å².